The van der Waals surface area contributed by atoms with Gasteiger partial charge >= 0.3 is 11.3 Å². The molecule has 0 radical (unpaired) electrons. The number of nitrogens with one attached hydrogen (secondary N) is 2. The third kappa shape index (κ3) is 5.24. The molecule has 0 atom stereocenters. The molecule has 0 aliphatic carbocycles. The maximum absolute atomic E-state index is 12.9. The van der Waals surface area contributed by atoms with Crippen LogP contribution in [0.15, 0.2) is 91.2 Å². The predicted octanol–water partition coefficient (Wildman–Crippen LogP) is 3.04. The number of hydrogen-bond acceptors (Lipinski definition) is 8. The molecule has 38 heavy (non-hydrogen) atoms. The van der Waals surface area contributed by atoms with Crippen molar-refractivity contribution in [1.29, 1.82) is 0 Å². The summed E-state index contributed by atoms with van der Waals surface area (Å²) < 4.78 is 10.2. The van der Waals surface area contributed by atoms with Crippen molar-refractivity contribution in [2.24, 2.45) is 0 Å². The maximum Gasteiger partial charge on any atom is 0.336 e. The van der Waals surface area contributed by atoms with E-state index >= 15 is 0 Å². The van der Waals surface area contributed by atoms with Crippen LogP contribution in [0.1, 0.15) is 11.1 Å². The summed E-state index contributed by atoms with van der Waals surface area (Å²) in [6.07, 6.45) is -0.343. The third-order valence-corrected chi connectivity index (χ3v) is 5.79. The van der Waals surface area contributed by atoms with E-state index in [1.54, 1.807) is 30.3 Å². The number of carbonyl (C=O) groups is 2. The fourth-order valence-corrected chi connectivity index (χ4v) is 4.16. The van der Waals surface area contributed by atoms with Gasteiger partial charge in [-0.15, -0.1) is 5.75 Å². The molecule has 5 aromatic rings. The number of fused-ring (bicyclic) bond motifs is 2. The number of phenolic OH excluding ortho intramolecular Hbond substituents is 1. The van der Waals surface area contributed by atoms with Gasteiger partial charge in [-0.2, -0.15) is 0 Å². The molecule has 190 valence electrons. The van der Waals surface area contributed by atoms with Gasteiger partial charge in [0.15, 0.2) is 0 Å². The highest BCUT2D eigenvalue weighted by atomic mass is 16.4. The number of rotatable bonds is 6. The normalized spacial score (nSPS) is 10.9. The molecular formula is C28H19N2O8-. The van der Waals surface area contributed by atoms with E-state index in [1.165, 1.54) is 42.5 Å². The lowest BCUT2D eigenvalue weighted by Gasteiger charge is -2.13. The average Bonchev–Trinajstić information content (AvgIpc) is 2.84. The van der Waals surface area contributed by atoms with Crippen LogP contribution in [-0.2, 0) is 22.4 Å². The number of carbonyl (C=O) groups excluding carboxylic acids is 2. The van der Waals surface area contributed by atoms with E-state index in [9.17, 15) is 29.4 Å². The van der Waals surface area contributed by atoms with E-state index < -0.39 is 23.1 Å². The molecule has 10 heteroatoms. The van der Waals surface area contributed by atoms with Gasteiger partial charge in [0.25, 0.3) is 0 Å². The van der Waals surface area contributed by atoms with Crippen molar-refractivity contribution in [2.75, 3.05) is 10.6 Å². The Kier molecular flexibility index (Phi) is 6.36. The summed E-state index contributed by atoms with van der Waals surface area (Å²) in [6.45, 7) is 0. The summed E-state index contributed by atoms with van der Waals surface area (Å²) in [6, 6.07) is 17.2. The van der Waals surface area contributed by atoms with E-state index in [0.717, 1.165) is 0 Å². The minimum Gasteiger partial charge on any atom is -0.872 e. The SMILES string of the molecule is O=C(Cc1cc(=O)oc2cc([O-])ccc12)Nc1ccccc1NC(=O)Cc1cc(=O)oc2cc(O)ccc12. The standard InChI is InChI=1S/C28H20N2O8/c31-17-5-7-19-15(11-27(35)37-23(19)13-17)9-25(33)29-21-3-1-2-4-22(21)30-26(34)10-16-12-28(36)38-24-14-18(32)6-8-20(16)24/h1-8,11-14,31-32H,9-10H2,(H,29,33)(H,30,34)/p-1. The van der Waals surface area contributed by atoms with Crippen molar-refractivity contribution < 1.29 is 28.6 Å². The quantitative estimate of drug-likeness (QED) is 0.293. The molecule has 0 saturated heterocycles. The summed E-state index contributed by atoms with van der Waals surface area (Å²) >= 11 is 0. The predicted molar refractivity (Wildman–Crippen MR) is 137 cm³/mol. The largest absolute Gasteiger partial charge is 0.872 e. The molecular weight excluding hydrogens is 492 g/mol. The smallest absolute Gasteiger partial charge is 0.336 e. The number of para-hydroxylation sites is 2. The van der Waals surface area contributed by atoms with E-state index in [4.69, 9.17) is 8.83 Å². The zero-order chi connectivity index (χ0) is 26.8. The molecule has 10 nitrogen and oxygen atoms in total. The van der Waals surface area contributed by atoms with Gasteiger partial charge in [-0.05, 0) is 41.5 Å². The first kappa shape index (κ1) is 24.3. The Hall–Kier alpha value is -5.38. The van der Waals surface area contributed by atoms with Crippen molar-refractivity contribution in [1.82, 2.24) is 0 Å². The Labute approximate surface area is 213 Å². The molecule has 2 heterocycles. The van der Waals surface area contributed by atoms with Crippen molar-refractivity contribution in [3.63, 3.8) is 0 Å². The zero-order valence-electron chi connectivity index (χ0n) is 19.6. The number of hydrogen-bond donors (Lipinski definition) is 3. The van der Waals surface area contributed by atoms with E-state index in [-0.39, 0.29) is 35.5 Å². The van der Waals surface area contributed by atoms with Crippen LogP contribution in [0.25, 0.3) is 21.9 Å². The first-order chi connectivity index (χ1) is 18.2. The van der Waals surface area contributed by atoms with Gasteiger partial charge in [-0.3, -0.25) is 9.59 Å². The Morgan fingerprint density at radius 3 is 1.76 bits per heavy atom. The Morgan fingerprint density at radius 1 is 0.711 bits per heavy atom. The number of phenols is 1. The van der Waals surface area contributed by atoms with Crippen molar-refractivity contribution >= 4 is 45.1 Å². The van der Waals surface area contributed by atoms with Gasteiger partial charge in [0.2, 0.25) is 11.8 Å². The fourth-order valence-electron chi connectivity index (χ4n) is 4.16. The Balaban J connectivity index is 1.34. The average molecular weight is 511 g/mol. The lowest BCUT2D eigenvalue weighted by atomic mass is 10.1. The minimum absolute atomic E-state index is 0.0774. The highest BCUT2D eigenvalue weighted by Gasteiger charge is 2.15. The van der Waals surface area contributed by atoms with Gasteiger partial charge in [0.05, 0.1) is 24.2 Å². The maximum atomic E-state index is 12.9. The highest BCUT2D eigenvalue weighted by molar-refractivity contribution is 6.02. The van der Waals surface area contributed by atoms with Gasteiger partial charge in [-0.1, -0.05) is 24.3 Å². The number of anilines is 2. The topological polar surface area (TPSA) is 162 Å². The van der Waals surface area contributed by atoms with Gasteiger partial charge in [0.1, 0.15) is 16.9 Å². The lowest BCUT2D eigenvalue weighted by molar-refractivity contribution is -0.268. The van der Waals surface area contributed by atoms with E-state index in [2.05, 4.69) is 10.6 Å². The third-order valence-electron chi connectivity index (χ3n) is 5.79. The van der Waals surface area contributed by atoms with Gasteiger partial charge in [0, 0.05) is 29.0 Å². The number of benzene rings is 3. The molecule has 5 rings (SSSR count). The first-order valence-corrected chi connectivity index (χ1v) is 11.4. The van der Waals surface area contributed by atoms with Crippen LogP contribution in [0, 0.1) is 0 Å². The second-order valence-corrected chi connectivity index (χ2v) is 8.52. The monoisotopic (exact) mass is 511 g/mol. The van der Waals surface area contributed by atoms with Crippen molar-refractivity contribution in [3.8, 4) is 11.5 Å². The van der Waals surface area contributed by atoms with Crippen molar-refractivity contribution in [2.45, 2.75) is 12.8 Å². The number of aromatic hydroxyl groups is 1. The highest BCUT2D eigenvalue weighted by Crippen LogP contribution is 2.25. The minimum atomic E-state index is -0.684. The van der Waals surface area contributed by atoms with Crippen LogP contribution in [0.2, 0.25) is 0 Å². The fraction of sp³-hybridized carbons (Fsp3) is 0.0714. The molecule has 3 N–H and O–H groups in total. The number of amides is 2. The molecule has 0 saturated carbocycles. The van der Waals surface area contributed by atoms with Crippen LogP contribution >= 0.6 is 0 Å². The molecule has 3 aromatic carbocycles. The summed E-state index contributed by atoms with van der Waals surface area (Å²) in [7, 11) is 0. The molecule has 0 fully saturated rings. The molecule has 0 bridgehead atoms. The zero-order valence-corrected chi connectivity index (χ0v) is 19.6. The summed E-state index contributed by atoms with van der Waals surface area (Å²) in [4.78, 5) is 49.6. The Bertz CT molecular complexity index is 1700. The molecule has 2 amide bonds. The van der Waals surface area contributed by atoms with E-state index in [1.807, 2.05) is 0 Å². The molecule has 0 aliphatic rings. The summed E-state index contributed by atoms with van der Waals surface area (Å²) in [5, 5.41) is 27.7. The molecule has 2 aromatic heterocycles. The molecule has 0 unspecified atom stereocenters. The summed E-state index contributed by atoms with van der Waals surface area (Å²) in [5.41, 5.74) is 0.345. The van der Waals surface area contributed by atoms with Crippen LogP contribution in [0.3, 0.4) is 0 Å². The first-order valence-electron chi connectivity index (χ1n) is 11.4. The molecule has 0 aliphatic heterocycles. The van der Waals surface area contributed by atoms with Gasteiger partial charge < -0.3 is 29.7 Å². The van der Waals surface area contributed by atoms with Gasteiger partial charge in [-0.25, -0.2) is 9.59 Å². The van der Waals surface area contributed by atoms with E-state index in [0.29, 0.717) is 33.3 Å². The van der Waals surface area contributed by atoms with Crippen LogP contribution in [-0.4, -0.2) is 16.9 Å². The van der Waals surface area contributed by atoms with Crippen LogP contribution < -0.4 is 27.0 Å². The van der Waals surface area contributed by atoms with Crippen LogP contribution in [0.4, 0.5) is 11.4 Å². The van der Waals surface area contributed by atoms with Crippen molar-refractivity contribution in [3.05, 3.63) is 105 Å². The summed E-state index contributed by atoms with van der Waals surface area (Å²) in [5.74, 6) is -1.32. The second kappa shape index (κ2) is 9.94. The Morgan fingerprint density at radius 2 is 1.21 bits per heavy atom. The lowest BCUT2D eigenvalue weighted by Crippen LogP contribution is -2.20. The van der Waals surface area contributed by atoms with Crippen LogP contribution in [0.5, 0.6) is 11.5 Å². The second-order valence-electron chi connectivity index (χ2n) is 8.52. The molecule has 0 spiro atoms.